The van der Waals surface area contributed by atoms with Gasteiger partial charge in [0.15, 0.2) is 0 Å². The maximum absolute atomic E-state index is 5.98. The topological polar surface area (TPSA) is 51.8 Å². The van der Waals surface area contributed by atoms with Crippen LogP contribution in [-0.2, 0) is 5.75 Å². The zero-order chi connectivity index (χ0) is 13.9. The third-order valence-electron chi connectivity index (χ3n) is 2.86. The molecule has 3 rings (SSSR count). The Morgan fingerprint density at radius 3 is 2.55 bits per heavy atom. The van der Waals surface area contributed by atoms with Crippen LogP contribution in [0, 0.1) is 0 Å². The number of fused-ring (bicyclic) bond motifs is 1. The minimum absolute atomic E-state index is 0.544. The molecular formula is C15H12BrN3S. The Labute approximate surface area is 129 Å². The molecule has 2 aromatic carbocycles. The van der Waals surface area contributed by atoms with Crippen LogP contribution in [-0.4, -0.2) is 9.97 Å². The van der Waals surface area contributed by atoms with Gasteiger partial charge < -0.3 is 5.73 Å². The van der Waals surface area contributed by atoms with Crippen molar-refractivity contribution in [2.45, 2.75) is 10.6 Å². The van der Waals surface area contributed by atoms with E-state index in [1.54, 1.807) is 11.8 Å². The van der Waals surface area contributed by atoms with E-state index in [1.165, 1.54) is 4.90 Å². The maximum atomic E-state index is 5.98. The molecule has 0 fully saturated rings. The lowest BCUT2D eigenvalue weighted by molar-refractivity contribution is 1.08. The first-order valence-corrected chi connectivity index (χ1v) is 7.90. The minimum atomic E-state index is 0.544. The first-order valence-electron chi connectivity index (χ1n) is 6.12. The van der Waals surface area contributed by atoms with Crippen LogP contribution in [0.3, 0.4) is 0 Å². The molecule has 0 radical (unpaired) electrons. The van der Waals surface area contributed by atoms with Crippen molar-refractivity contribution in [3.63, 3.8) is 0 Å². The first-order chi connectivity index (χ1) is 9.72. The zero-order valence-electron chi connectivity index (χ0n) is 10.6. The number of nitrogens with zero attached hydrogens (tertiary/aromatic N) is 2. The fraction of sp³-hybridized carbons (Fsp3) is 0.0667. The van der Waals surface area contributed by atoms with Gasteiger partial charge in [0.05, 0.1) is 11.3 Å². The highest BCUT2D eigenvalue weighted by Crippen LogP contribution is 2.25. The van der Waals surface area contributed by atoms with Crippen molar-refractivity contribution in [1.29, 1.82) is 0 Å². The predicted octanol–water partition coefficient (Wildman–Crippen LogP) is 4.27. The molecule has 0 aliphatic heterocycles. The van der Waals surface area contributed by atoms with Gasteiger partial charge in [-0.15, -0.1) is 11.8 Å². The van der Waals surface area contributed by atoms with Crippen molar-refractivity contribution in [2.24, 2.45) is 0 Å². The number of aromatic nitrogens is 2. The van der Waals surface area contributed by atoms with E-state index in [2.05, 4.69) is 38.0 Å². The van der Waals surface area contributed by atoms with E-state index in [4.69, 9.17) is 5.73 Å². The molecule has 0 atom stereocenters. The van der Waals surface area contributed by atoms with Gasteiger partial charge in [-0.25, -0.2) is 9.97 Å². The summed E-state index contributed by atoms with van der Waals surface area (Å²) in [5, 5.41) is 0.907. The predicted molar refractivity (Wildman–Crippen MR) is 87.7 cm³/mol. The van der Waals surface area contributed by atoms with E-state index in [0.717, 1.165) is 21.2 Å². The number of nitrogens with two attached hydrogens (primary N) is 1. The third kappa shape index (κ3) is 2.94. The Bertz CT molecular complexity index is 744. The van der Waals surface area contributed by atoms with Crippen molar-refractivity contribution in [2.75, 3.05) is 5.73 Å². The van der Waals surface area contributed by atoms with Crippen molar-refractivity contribution in [1.82, 2.24) is 9.97 Å². The number of hydrogen-bond donors (Lipinski definition) is 1. The SMILES string of the molecule is Nc1nc(CSc2ccc(Br)cc2)nc2ccccc12. The number of thioether (sulfide) groups is 1. The Hall–Kier alpha value is -1.59. The summed E-state index contributed by atoms with van der Waals surface area (Å²) in [5.74, 6) is 2.01. The second-order valence-corrected chi connectivity index (χ2v) is 6.25. The smallest absolute Gasteiger partial charge is 0.141 e. The molecule has 0 unspecified atom stereocenters. The van der Waals surface area contributed by atoms with Crippen LogP contribution in [0.4, 0.5) is 5.82 Å². The fourth-order valence-corrected chi connectivity index (χ4v) is 2.91. The normalized spacial score (nSPS) is 10.8. The van der Waals surface area contributed by atoms with Gasteiger partial charge in [-0.3, -0.25) is 0 Å². The monoisotopic (exact) mass is 345 g/mol. The molecule has 0 spiro atoms. The van der Waals surface area contributed by atoms with Gasteiger partial charge in [-0.1, -0.05) is 28.1 Å². The van der Waals surface area contributed by atoms with Crippen molar-refractivity contribution >= 4 is 44.4 Å². The van der Waals surface area contributed by atoms with Crippen molar-refractivity contribution in [3.05, 3.63) is 58.8 Å². The highest BCUT2D eigenvalue weighted by molar-refractivity contribution is 9.10. The Morgan fingerprint density at radius 2 is 1.75 bits per heavy atom. The molecule has 3 nitrogen and oxygen atoms in total. The van der Waals surface area contributed by atoms with Crippen molar-refractivity contribution < 1.29 is 0 Å². The summed E-state index contributed by atoms with van der Waals surface area (Å²) in [4.78, 5) is 10.1. The summed E-state index contributed by atoms with van der Waals surface area (Å²) in [6.45, 7) is 0. The molecule has 2 N–H and O–H groups in total. The van der Waals surface area contributed by atoms with E-state index in [0.29, 0.717) is 11.6 Å². The lowest BCUT2D eigenvalue weighted by atomic mass is 10.2. The van der Waals surface area contributed by atoms with Crippen LogP contribution in [0.25, 0.3) is 10.9 Å². The van der Waals surface area contributed by atoms with Gasteiger partial charge in [-0.05, 0) is 36.4 Å². The number of nitrogen functional groups attached to an aromatic ring is 1. The molecule has 0 amide bonds. The Kier molecular flexibility index (Phi) is 3.89. The van der Waals surface area contributed by atoms with E-state index >= 15 is 0 Å². The Morgan fingerprint density at radius 1 is 1.00 bits per heavy atom. The van der Waals surface area contributed by atoms with Gasteiger partial charge in [0, 0.05) is 14.8 Å². The summed E-state index contributed by atoms with van der Waals surface area (Å²) in [6.07, 6.45) is 0. The van der Waals surface area contributed by atoms with E-state index in [-0.39, 0.29) is 0 Å². The van der Waals surface area contributed by atoms with Crippen molar-refractivity contribution in [3.8, 4) is 0 Å². The molecule has 3 aromatic rings. The molecule has 0 saturated carbocycles. The molecule has 0 aliphatic rings. The van der Waals surface area contributed by atoms with E-state index in [1.807, 2.05) is 36.4 Å². The average molecular weight is 346 g/mol. The first kappa shape index (κ1) is 13.4. The highest BCUT2D eigenvalue weighted by Gasteiger charge is 2.05. The van der Waals surface area contributed by atoms with Crippen LogP contribution in [0.1, 0.15) is 5.82 Å². The van der Waals surface area contributed by atoms with Gasteiger partial charge in [0.2, 0.25) is 0 Å². The number of hydrogen-bond acceptors (Lipinski definition) is 4. The largest absolute Gasteiger partial charge is 0.383 e. The van der Waals surface area contributed by atoms with Gasteiger partial charge >= 0.3 is 0 Å². The minimum Gasteiger partial charge on any atom is -0.383 e. The molecular weight excluding hydrogens is 334 g/mol. The molecule has 20 heavy (non-hydrogen) atoms. The second kappa shape index (κ2) is 5.81. The molecule has 0 aliphatic carbocycles. The highest BCUT2D eigenvalue weighted by atomic mass is 79.9. The third-order valence-corrected chi connectivity index (χ3v) is 4.40. The molecule has 0 bridgehead atoms. The molecule has 1 aromatic heterocycles. The second-order valence-electron chi connectivity index (χ2n) is 4.28. The zero-order valence-corrected chi connectivity index (χ0v) is 13.0. The fourth-order valence-electron chi connectivity index (χ4n) is 1.89. The average Bonchev–Trinajstić information content (AvgIpc) is 2.47. The maximum Gasteiger partial charge on any atom is 0.141 e. The standard InChI is InChI=1S/C15H12BrN3S/c16-10-5-7-11(8-6-10)20-9-14-18-13-4-2-1-3-12(13)15(17)19-14/h1-8H,9H2,(H2,17,18,19). The number of benzene rings is 2. The molecule has 100 valence electrons. The van der Waals surface area contributed by atoms with Crippen LogP contribution < -0.4 is 5.73 Å². The lowest BCUT2D eigenvalue weighted by Crippen LogP contribution is -1.99. The quantitative estimate of drug-likeness (QED) is 0.720. The lowest BCUT2D eigenvalue weighted by Gasteiger charge is -2.05. The van der Waals surface area contributed by atoms with Crippen LogP contribution in [0.15, 0.2) is 57.9 Å². The van der Waals surface area contributed by atoms with E-state index < -0.39 is 0 Å². The van der Waals surface area contributed by atoms with Crippen LogP contribution in [0.2, 0.25) is 0 Å². The molecule has 1 heterocycles. The van der Waals surface area contributed by atoms with Crippen LogP contribution in [0.5, 0.6) is 0 Å². The van der Waals surface area contributed by atoms with Gasteiger partial charge in [0.25, 0.3) is 0 Å². The van der Waals surface area contributed by atoms with Gasteiger partial charge in [-0.2, -0.15) is 0 Å². The van der Waals surface area contributed by atoms with E-state index in [9.17, 15) is 0 Å². The number of para-hydroxylation sites is 1. The number of anilines is 1. The summed E-state index contributed by atoms with van der Waals surface area (Å²) in [7, 11) is 0. The Balaban J connectivity index is 1.82. The summed E-state index contributed by atoms with van der Waals surface area (Å²) < 4.78 is 1.08. The summed E-state index contributed by atoms with van der Waals surface area (Å²) in [6, 6.07) is 16.0. The summed E-state index contributed by atoms with van der Waals surface area (Å²) in [5.41, 5.74) is 6.87. The summed E-state index contributed by atoms with van der Waals surface area (Å²) >= 11 is 5.13. The molecule has 5 heteroatoms. The number of halogens is 1. The molecule has 0 saturated heterocycles. The number of rotatable bonds is 3. The van der Waals surface area contributed by atoms with Gasteiger partial charge in [0.1, 0.15) is 11.6 Å². The van der Waals surface area contributed by atoms with Crippen LogP contribution >= 0.6 is 27.7 Å².